The van der Waals surface area contributed by atoms with Crippen molar-refractivity contribution in [2.45, 2.75) is 18.8 Å². The second-order valence-corrected chi connectivity index (χ2v) is 6.22. The second-order valence-electron chi connectivity index (χ2n) is 6.22. The van der Waals surface area contributed by atoms with Crippen molar-refractivity contribution < 1.29 is 4.79 Å². The fraction of sp³-hybridized carbons (Fsp3) is 0.263. The largest absolute Gasteiger partial charge is 0.335 e. The molecule has 3 aromatic rings. The van der Waals surface area contributed by atoms with Crippen molar-refractivity contribution in [3.63, 3.8) is 0 Å². The van der Waals surface area contributed by atoms with Gasteiger partial charge in [-0.15, -0.1) is 0 Å². The molecule has 1 aliphatic rings. The number of nitrogens with one attached hydrogen (secondary N) is 3. The highest BCUT2D eigenvalue weighted by atomic mass is 16.1. The molecule has 0 unspecified atom stereocenters. The molecular formula is C19H20N4O. The van der Waals surface area contributed by atoms with Crippen LogP contribution in [0.4, 0.5) is 5.69 Å². The second kappa shape index (κ2) is 6.45. The summed E-state index contributed by atoms with van der Waals surface area (Å²) in [6.07, 6.45) is 4.06. The first-order valence-corrected chi connectivity index (χ1v) is 8.35. The summed E-state index contributed by atoms with van der Waals surface area (Å²) in [4.78, 5) is 19.7. The number of fused-ring (bicyclic) bond motifs is 1. The van der Waals surface area contributed by atoms with Gasteiger partial charge in [0, 0.05) is 17.3 Å². The smallest absolute Gasteiger partial charge is 0.272 e. The normalized spacial score (nSPS) is 15.5. The zero-order valence-electron chi connectivity index (χ0n) is 13.4. The molecule has 0 spiro atoms. The molecule has 1 saturated heterocycles. The topological polar surface area (TPSA) is 69.8 Å². The third-order valence-electron chi connectivity index (χ3n) is 4.62. The van der Waals surface area contributed by atoms with Gasteiger partial charge in [-0.1, -0.05) is 12.1 Å². The lowest BCUT2D eigenvalue weighted by Crippen LogP contribution is -2.26. The maximum Gasteiger partial charge on any atom is 0.272 e. The number of benzene rings is 1. The molecule has 1 aliphatic heterocycles. The number of carbonyl (C=O) groups is 1. The van der Waals surface area contributed by atoms with Gasteiger partial charge in [-0.3, -0.25) is 4.79 Å². The van der Waals surface area contributed by atoms with Gasteiger partial charge in [0.1, 0.15) is 11.3 Å². The average Bonchev–Trinajstić information content (AvgIpc) is 3.07. The highest BCUT2D eigenvalue weighted by Crippen LogP contribution is 2.26. The molecule has 0 bridgehead atoms. The van der Waals surface area contributed by atoms with Crippen LogP contribution in [-0.2, 0) is 0 Å². The fourth-order valence-corrected chi connectivity index (χ4v) is 3.27. The van der Waals surface area contributed by atoms with E-state index in [2.05, 4.69) is 32.7 Å². The van der Waals surface area contributed by atoms with E-state index >= 15 is 0 Å². The standard InChI is InChI=1S/C19H20N4O/c24-19(17-12-15-2-1-9-21-18(15)23-17)22-16-5-3-13(4-6-16)14-7-10-20-11-8-14/h1-6,9,12,14,20H,7-8,10-11H2,(H,21,23)(H,22,24). The number of hydrogen-bond donors (Lipinski definition) is 3. The molecule has 0 saturated carbocycles. The van der Waals surface area contributed by atoms with Gasteiger partial charge in [0.05, 0.1) is 0 Å². The molecule has 5 nitrogen and oxygen atoms in total. The number of anilines is 1. The Morgan fingerprint density at radius 2 is 1.92 bits per heavy atom. The Balaban J connectivity index is 1.47. The first-order valence-electron chi connectivity index (χ1n) is 8.35. The highest BCUT2D eigenvalue weighted by molar-refractivity contribution is 6.05. The molecule has 2 aromatic heterocycles. The quantitative estimate of drug-likeness (QED) is 0.693. The van der Waals surface area contributed by atoms with E-state index in [0.717, 1.165) is 29.8 Å². The van der Waals surface area contributed by atoms with Crippen LogP contribution < -0.4 is 10.6 Å². The van der Waals surface area contributed by atoms with Gasteiger partial charge in [0.25, 0.3) is 5.91 Å². The Hall–Kier alpha value is -2.66. The van der Waals surface area contributed by atoms with E-state index in [1.807, 2.05) is 30.3 Å². The number of rotatable bonds is 3. The molecule has 3 N–H and O–H groups in total. The maximum atomic E-state index is 12.4. The van der Waals surface area contributed by atoms with E-state index in [1.165, 1.54) is 18.4 Å². The number of aromatic amines is 1. The van der Waals surface area contributed by atoms with Crippen molar-refractivity contribution >= 4 is 22.6 Å². The van der Waals surface area contributed by atoms with Crippen LogP contribution in [0.2, 0.25) is 0 Å². The van der Waals surface area contributed by atoms with Gasteiger partial charge >= 0.3 is 0 Å². The van der Waals surface area contributed by atoms with E-state index in [0.29, 0.717) is 11.6 Å². The van der Waals surface area contributed by atoms with Crippen molar-refractivity contribution in [3.05, 3.63) is 59.9 Å². The Morgan fingerprint density at radius 3 is 2.67 bits per heavy atom. The summed E-state index contributed by atoms with van der Waals surface area (Å²) in [5.41, 5.74) is 3.41. The Labute approximate surface area is 140 Å². The number of pyridine rings is 1. The summed E-state index contributed by atoms with van der Waals surface area (Å²) in [6.45, 7) is 2.16. The zero-order valence-corrected chi connectivity index (χ0v) is 13.4. The molecule has 0 atom stereocenters. The number of amides is 1. The van der Waals surface area contributed by atoms with Gasteiger partial charge in [-0.25, -0.2) is 4.98 Å². The van der Waals surface area contributed by atoms with E-state index in [-0.39, 0.29) is 5.91 Å². The molecule has 1 fully saturated rings. The molecule has 4 rings (SSSR count). The van der Waals surface area contributed by atoms with E-state index < -0.39 is 0 Å². The van der Waals surface area contributed by atoms with Gasteiger partial charge < -0.3 is 15.6 Å². The van der Waals surface area contributed by atoms with Crippen LogP contribution in [0.3, 0.4) is 0 Å². The van der Waals surface area contributed by atoms with Gasteiger partial charge in [-0.2, -0.15) is 0 Å². The monoisotopic (exact) mass is 320 g/mol. The summed E-state index contributed by atoms with van der Waals surface area (Å²) in [5.74, 6) is 0.471. The lowest BCUT2D eigenvalue weighted by atomic mass is 9.90. The number of aromatic nitrogens is 2. The Bertz CT molecular complexity index is 814. The number of nitrogens with zero attached hydrogens (tertiary/aromatic N) is 1. The molecule has 122 valence electrons. The molecule has 3 heterocycles. The molecule has 24 heavy (non-hydrogen) atoms. The summed E-state index contributed by atoms with van der Waals surface area (Å²) in [7, 11) is 0. The Kier molecular flexibility index (Phi) is 4.01. The van der Waals surface area contributed by atoms with Gasteiger partial charge in [0.2, 0.25) is 0 Å². The number of H-pyrrole nitrogens is 1. The van der Waals surface area contributed by atoms with Crippen LogP contribution in [0.5, 0.6) is 0 Å². The third-order valence-corrected chi connectivity index (χ3v) is 4.62. The van der Waals surface area contributed by atoms with E-state index in [4.69, 9.17) is 0 Å². The van der Waals surface area contributed by atoms with E-state index in [9.17, 15) is 4.79 Å². The van der Waals surface area contributed by atoms with Crippen LogP contribution in [0.15, 0.2) is 48.7 Å². The van der Waals surface area contributed by atoms with Crippen LogP contribution in [-0.4, -0.2) is 29.0 Å². The van der Waals surface area contributed by atoms with Crippen LogP contribution in [0, 0.1) is 0 Å². The van der Waals surface area contributed by atoms with Crippen LogP contribution in [0.25, 0.3) is 11.0 Å². The molecule has 0 radical (unpaired) electrons. The third kappa shape index (κ3) is 3.03. The van der Waals surface area contributed by atoms with Crippen LogP contribution in [0.1, 0.15) is 34.8 Å². The maximum absolute atomic E-state index is 12.4. The van der Waals surface area contributed by atoms with Crippen LogP contribution >= 0.6 is 0 Å². The van der Waals surface area contributed by atoms with Crippen molar-refractivity contribution in [3.8, 4) is 0 Å². The number of carbonyl (C=O) groups excluding carboxylic acids is 1. The van der Waals surface area contributed by atoms with Crippen molar-refractivity contribution in [2.24, 2.45) is 0 Å². The highest BCUT2D eigenvalue weighted by Gasteiger charge is 2.15. The predicted octanol–water partition coefficient (Wildman–Crippen LogP) is 3.28. The predicted molar refractivity (Wildman–Crippen MR) is 95.3 cm³/mol. The SMILES string of the molecule is O=C(Nc1ccc(C2CCNCC2)cc1)c1cc2cccnc2[nH]1. The Morgan fingerprint density at radius 1 is 1.12 bits per heavy atom. The first-order chi connectivity index (χ1) is 11.8. The van der Waals surface area contributed by atoms with Crippen molar-refractivity contribution in [1.29, 1.82) is 0 Å². The fourth-order valence-electron chi connectivity index (χ4n) is 3.27. The van der Waals surface area contributed by atoms with Crippen molar-refractivity contribution in [2.75, 3.05) is 18.4 Å². The summed E-state index contributed by atoms with van der Waals surface area (Å²) in [5, 5.41) is 7.26. The summed E-state index contributed by atoms with van der Waals surface area (Å²) < 4.78 is 0. The minimum Gasteiger partial charge on any atom is -0.335 e. The van der Waals surface area contributed by atoms with Gasteiger partial charge in [-0.05, 0) is 67.7 Å². The van der Waals surface area contributed by atoms with Gasteiger partial charge in [0.15, 0.2) is 0 Å². The summed E-state index contributed by atoms with van der Waals surface area (Å²) in [6, 6.07) is 13.8. The minimum atomic E-state index is -0.150. The van der Waals surface area contributed by atoms with E-state index in [1.54, 1.807) is 6.20 Å². The zero-order chi connectivity index (χ0) is 16.4. The molecule has 5 heteroatoms. The molecular weight excluding hydrogens is 300 g/mol. The molecule has 1 amide bonds. The lowest BCUT2D eigenvalue weighted by molar-refractivity contribution is 0.102. The first kappa shape index (κ1) is 14.9. The minimum absolute atomic E-state index is 0.150. The molecule has 0 aliphatic carbocycles. The number of piperidine rings is 1. The lowest BCUT2D eigenvalue weighted by Gasteiger charge is -2.23. The summed E-state index contributed by atoms with van der Waals surface area (Å²) >= 11 is 0. The molecule has 1 aromatic carbocycles. The average molecular weight is 320 g/mol. The van der Waals surface area contributed by atoms with Crippen molar-refractivity contribution in [1.82, 2.24) is 15.3 Å². The number of hydrogen-bond acceptors (Lipinski definition) is 3.